The second-order valence-corrected chi connectivity index (χ2v) is 2.71. The predicted molar refractivity (Wildman–Crippen MR) is 45.8 cm³/mol. The molecule has 0 aliphatic carbocycles. The third kappa shape index (κ3) is 3.16. The van der Waals surface area contributed by atoms with Crippen LogP contribution in [0.4, 0.5) is 0 Å². The summed E-state index contributed by atoms with van der Waals surface area (Å²) in [5, 5.41) is 8.42. The van der Waals surface area contributed by atoms with Crippen molar-refractivity contribution < 1.29 is 9.90 Å². The molecule has 0 aromatic carbocycles. The molecule has 0 fully saturated rings. The van der Waals surface area contributed by atoms with Gasteiger partial charge in [-0.25, -0.2) is 9.97 Å². The number of rotatable bonds is 4. The van der Waals surface area contributed by atoms with E-state index in [1.807, 2.05) is 0 Å². The lowest BCUT2D eigenvalue weighted by Gasteiger charge is -2.08. The van der Waals surface area contributed by atoms with E-state index in [0.29, 0.717) is 6.42 Å². The smallest absolute Gasteiger partial charge is 0.303 e. The van der Waals surface area contributed by atoms with Gasteiger partial charge in [0.05, 0.1) is 0 Å². The highest BCUT2D eigenvalue weighted by molar-refractivity contribution is 5.66. The van der Waals surface area contributed by atoms with Crippen LogP contribution in [-0.2, 0) is 4.79 Å². The van der Waals surface area contributed by atoms with Crippen LogP contribution in [0.3, 0.4) is 0 Å². The number of aliphatic carboxylic acids is 1. The average molecular weight is 181 g/mol. The van der Waals surface area contributed by atoms with Crippen LogP contribution in [0.25, 0.3) is 0 Å². The van der Waals surface area contributed by atoms with E-state index in [1.165, 1.54) is 6.33 Å². The lowest BCUT2D eigenvalue weighted by Crippen LogP contribution is -2.12. The Balaban J connectivity index is 2.49. The molecule has 0 aliphatic heterocycles. The van der Waals surface area contributed by atoms with Crippen LogP contribution >= 0.6 is 0 Å². The molecule has 0 aliphatic rings. The van der Waals surface area contributed by atoms with Gasteiger partial charge in [0, 0.05) is 30.4 Å². The SMILES string of the molecule is NC(CCC(=O)O)c1cncnc1. The minimum Gasteiger partial charge on any atom is -0.481 e. The number of carbonyl (C=O) groups is 1. The van der Waals surface area contributed by atoms with Crippen molar-refractivity contribution in [3.63, 3.8) is 0 Å². The predicted octanol–water partition coefficient (Wildman–Crippen LogP) is 0.341. The van der Waals surface area contributed by atoms with E-state index in [-0.39, 0.29) is 12.5 Å². The van der Waals surface area contributed by atoms with Crippen LogP contribution in [0, 0.1) is 0 Å². The normalized spacial score (nSPS) is 12.4. The Bertz CT molecular complexity index is 276. The maximum absolute atomic E-state index is 10.2. The molecule has 70 valence electrons. The van der Waals surface area contributed by atoms with Crippen LogP contribution in [-0.4, -0.2) is 21.0 Å². The second kappa shape index (κ2) is 4.51. The average Bonchev–Trinajstić information content (AvgIpc) is 2.15. The van der Waals surface area contributed by atoms with Crippen molar-refractivity contribution in [3.8, 4) is 0 Å². The molecule has 1 rings (SSSR count). The summed E-state index contributed by atoms with van der Waals surface area (Å²) in [6.07, 6.45) is 5.07. The standard InChI is InChI=1S/C8H11N3O2/c9-7(1-2-8(12)13)6-3-10-5-11-4-6/h3-5,7H,1-2,9H2,(H,12,13). The fourth-order valence-corrected chi connectivity index (χ4v) is 0.948. The molecule has 0 bridgehead atoms. The van der Waals surface area contributed by atoms with E-state index >= 15 is 0 Å². The molecule has 0 amide bonds. The van der Waals surface area contributed by atoms with E-state index in [4.69, 9.17) is 10.8 Å². The first-order chi connectivity index (χ1) is 6.20. The molecular formula is C8H11N3O2. The summed E-state index contributed by atoms with van der Waals surface area (Å²) in [6.45, 7) is 0. The Labute approximate surface area is 75.6 Å². The van der Waals surface area contributed by atoms with Crippen molar-refractivity contribution in [2.24, 2.45) is 5.73 Å². The van der Waals surface area contributed by atoms with Crippen LogP contribution < -0.4 is 5.73 Å². The lowest BCUT2D eigenvalue weighted by atomic mass is 10.1. The van der Waals surface area contributed by atoms with Gasteiger partial charge in [-0.15, -0.1) is 0 Å². The van der Waals surface area contributed by atoms with E-state index in [1.54, 1.807) is 12.4 Å². The molecule has 5 heteroatoms. The highest BCUT2D eigenvalue weighted by atomic mass is 16.4. The van der Waals surface area contributed by atoms with Gasteiger partial charge in [0.15, 0.2) is 0 Å². The van der Waals surface area contributed by atoms with Crippen molar-refractivity contribution in [2.75, 3.05) is 0 Å². The largest absolute Gasteiger partial charge is 0.481 e. The molecule has 0 spiro atoms. The lowest BCUT2D eigenvalue weighted by molar-refractivity contribution is -0.137. The summed E-state index contributed by atoms with van der Waals surface area (Å²) in [5.41, 5.74) is 6.47. The Morgan fingerprint density at radius 3 is 2.69 bits per heavy atom. The Morgan fingerprint density at radius 2 is 2.15 bits per heavy atom. The van der Waals surface area contributed by atoms with Crippen LogP contribution in [0.5, 0.6) is 0 Å². The molecule has 1 atom stereocenters. The van der Waals surface area contributed by atoms with E-state index in [0.717, 1.165) is 5.56 Å². The van der Waals surface area contributed by atoms with Crippen molar-refractivity contribution in [1.29, 1.82) is 0 Å². The minimum atomic E-state index is -0.840. The van der Waals surface area contributed by atoms with Gasteiger partial charge >= 0.3 is 5.97 Å². The quantitative estimate of drug-likeness (QED) is 0.699. The summed E-state index contributed by atoms with van der Waals surface area (Å²) in [7, 11) is 0. The van der Waals surface area contributed by atoms with Crippen LogP contribution in [0.15, 0.2) is 18.7 Å². The number of aromatic nitrogens is 2. The molecular weight excluding hydrogens is 170 g/mol. The molecule has 13 heavy (non-hydrogen) atoms. The summed E-state index contributed by atoms with van der Waals surface area (Å²) < 4.78 is 0. The highest BCUT2D eigenvalue weighted by Crippen LogP contribution is 2.12. The Morgan fingerprint density at radius 1 is 1.54 bits per heavy atom. The summed E-state index contributed by atoms with van der Waals surface area (Å²) in [6, 6.07) is -0.294. The maximum atomic E-state index is 10.2. The number of carboxylic acids is 1. The van der Waals surface area contributed by atoms with Gasteiger partial charge < -0.3 is 10.8 Å². The van der Waals surface area contributed by atoms with E-state index in [9.17, 15) is 4.79 Å². The molecule has 0 saturated carbocycles. The number of nitrogens with two attached hydrogens (primary N) is 1. The zero-order chi connectivity index (χ0) is 9.68. The van der Waals surface area contributed by atoms with Gasteiger partial charge in [0.1, 0.15) is 6.33 Å². The second-order valence-electron chi connectivity index (χ2n) is 2.71. The number of nitrogens with zero attached hydrogens (tertiary/aromatic N) is 2. The van der Waals surface area contributed by atoms with Crippen LogP contribution in [0.2, 0.25) is 0 Å². The van der Waals surface area contributed by atoms with Crippen LogP contribution in [0.1, 0.15) is 24.4 Å². The van der Waals surface area contributed by atoms with E-state index < -0.39 is 5.97 Å². The zero-order valence-corrected chi connectivity index (χ0v) is 7.05. The third-order valence-corrected chi connectivity index (χ3v) is 1.68. The molecule has 1 aromatic heterocycles. The first-order valence-corrected chi connectivity index (χ1v) is 3.92. The summed E-state index contributed by atoms with van der Waals surface area (Å²) >= 11 is 0. The monoisotopic (exact) mass is 181 g/mol. The highest BCUT2D eigenvalue weighted by Gasteiger charge is 2.08. The van der Waals surface area contributed by atoms with Gasteiger partial charge in [-0.2, -0.15) is 0 Å². The molecule has 1 heterocycles. The zero-order valence-electron chi connectivity index (χ0n) is 7.05. The van der Waals surface area contributed by atoms with E-state index in [2.05, 4.69) is 9.97 Å². The van der Waals surface area contributed by atoms with Gasteiger partial charge in [0.25, 0.3) is 0 Å². The molecule has 3 N–H and O–H groups in total. The summed E-state index contributed by atoms with van der Waals surface area (Å²) in [5.74, 6) is -0.840. The van der Waals surface area contributed by atoms with Gasteiger partial charge in [-0.3, -0.25) is 4.79 Å². The first kappa shape index (κ1) is 9.60. The maximum Gasteiger partial charge on any atom is 0.303 e. The number of hydrogen-bond acceptors (Lipinski definition) is 4. The number of carboxylic acid groups (broad SMARTS) is 1. The van der Waals surface area contributed by atoms with Crippen molar-refractivity contribution in [3.05, 3.63) is 24.3 Å². The number of hydrogen-bond donors (Lipinski definition) is 2. The van der Waals surface area contributed by atoms with Crippen molar-refractivity contribution in [2.45, 2.75) is 18.9 Å². The Hall–Kier alpha value is -1.49. The van der Waals surface area contributed by atoms with Gasteiger partial charge in [0.2, 0.25) is 0 Å². The fraction of sp³-hybridized carbons (Fsp3) is 0.375. The molecule has 5 nitrogen and oxygen atoms in total. The van der Waals surface area contributed by atoms with Crippen molar-refractivity contribution >= 4 is 5.97 Å². The van der Waals surface area contributed by atoms with Gasteiger partial charge in [-0.1, -0.05) is 0 Å². The van der Waals surface area contributed by atoms with Gasteiger partial charge in [-0.05, 0) is 6.42 Å². The molecule has 0 saturated heterocycles. The fourth-order valence-electron chi connectivity index (χ4n) is 0.948. The summed E-state index contributed by atoms with van der Waals surface area (Å²) in [4.78, 5) is 17.8. The molecule has 1 aromatic rings. The molecule has 0 radical (unpaired) electrons. The Kier molecular flexibility index (Phi) is 3.33. The molecule has 1 unspecified atom stereocenters. The topological polar surface area (TPSA) is 89.1 Å². The first-order valence-electron chi connectivity index (χ1n) is 3.92. The third-order valence-electron chi connectivity index (χ3n) is 1.68. The van der Waals surface area contributed by atoms with Crippen molar-refractivity contribution in [1.82, 2.24) is 9.97 Å². The minimum absolute atomic E-state index is 0.0655.